The Morgan fingerprint density at radius 3 is 2.50 bits per heavy atom. The predicted molar refractivity (Wildman–Crippen MR) is 89.8 cm³/mol. The number of ketones is 1. The molecule has 0 spiro atoms. The molecular formula is C18H17F2NO2S. The van der Waals surface area contributed by atoms with Gasteiger partial charge in [0.15, 0.2) is 5.78 Å². The summed E-state index contributed by atoms with van der Waals surface area (Å²) in [5, 5.41) is 2.64. The lowest BCUT2D eigenvalue weighted by Gasteiger charge is -2.16. The van der Waals surface area contributed by atoms with Gasteiger partial charge in [0.2, 0.25) is 5.91 Å². The molecule has 0 unspecified atom stereocenters. The summed E-state index contributed by atoms with van der Waals surface area (Å²) in [5.74, 6) is -1.81. The van der Waals surface area contributed by atoms with E-state index in [0.717, 1.165) is 35.5 Å². The lowest BCUT2D eigenvalue weighted by Crippen LogP contribution is -2.42. The molecule has 1 amide bonds. The maximum Gasteiger partial charge on any atom is 0.230 e. The number of carbonyl (C=O) groups excluding carboxylic acids is 2. The highest BCUT2D eigenvalue weighted by Crippen LogP contribution is 2.22. The van der Waals surface area contributed by atoms with Crippen LogP contribution in [-0.4, -0.2) is 23.5 Å². The molecule has 0 aromatic heterocycles. The topological polar surface area (TPSA) is 46.2 Å². The summed E-state index contributed by atoms with van der Waals surface area (Å²) in [6, 6.07) is 11.8. The van der Waals surface area contributed by atoms with Crippen LogP contribution in [0.15, 0.2) is 53.4 Å². The molecule has 1 atom stereocenters. The zero-order valence-electron chi connectivity index (χ0n) is 13.1. The lowest BCUT2D eigenvalue weighted by atomic mass is 10.0. The molecule has 0 aliphatic heterocycles. The second-order valence-electron chi connectivity index (χ2n) is 5.28. The van der Waals surface area contributed by atoms with Crippen LogP contribution in [0.2, 0.25) is 0 Å². The normalized spacial score (nSPS) is 11.8. The Morgan fingerprint density at radius 2 is 1.83 bits per heavy atom. The van der Waals surface area contributed by atoms with Gasteiger partial charge in [0.1, 0.15) is 11.6 Å². The molecule has 0 aliphatic carbocycles. The standard InChI is InChI=1S/C18H17F2NO2S/c1-12(22)16(9-13-5-3-2-4-6-13)21-18(23)11-24-17-10-14(19)7-8-15(17)20/h2-8,10,16H,9,11H2,1H3,(H,21,23)/t16-/m0/s1. The maximum atomic E-state index is 13.5. The second kappa shape index (κ2) is 8.59. The van der Waals surface area contributed by atoms with Crippen LogP contribution in [0.4, 0.5) is 8.78 Å². The smallest absolute Gasteiger partial charge is 0.230 e. The molecule has 0 fully saturated rings. The van der Waals surface area contributed by atoms with Gasteiger partial charge in [0, 0.05) is 4.90 Å². The van der Waals surface area contributed by atoms with Crippen molar-refractivity contribution < 1.29 is 18.4 Å². The van der Waals surface area contributed by atoms with E-state index in [1.807, 2.05) is 30.3 Å². The minimum Gasteiger partial charge on any atom is -0.345 e. The number of carbonyl (C=O) groups is 2. The first-order valence-corrected chi connectivity index (χ1v) is 8.36. The van der Waals surface area contributed by atoms with Gasteiger partial charge in [-0.15, -0.1) is 11.8 Å². The van der Waals surface area contributed by atoms with E-state index >= 15 is 0 Å². The van der Waals surface area contributed by atoms with Crippen molar-refractivity contribution in [1.29, 1.82) is 0 Å². The highest BCUT2D eigenvalue weighted by Gasteiger charge is 2.18. The average molecular weight is 349 g/mol. The van der Waals surface area contributed by atoms with E-state index in [9.17, 15) is 18.4 Å². The van der Waals surface area contributed by atoms with E-state index in [1.54, 1.807) is 0 Å². The van der Waals surface area contributed by atoms with Crippen molar-refractivity contribution in [2.75, 3.05) is 5.75 Å². The van der Waals surface area contributed by atoms with Crippen LogP contribution < -0.4 is 5.32 Å². The Morgan fingerprint density at radius 1 is 1.12 bits per heavy atom. The van der Waals surface area contributed by atoms with E-state index in [4.69, 9.17) is 0 Å². The number of Topliss-reactive ketones (excluding diaryl/α,β-unsaturated/α-hetero) is 1. The van der Waals surface area contributed by atoms with E-state index in [0.29, 0.717) is 6.42 Å². The summed E-state index contributed by atoms with van der Waals surface area (Å²) in [7, 11) is 0. The molecule has 0 aliphatic rings. The summed E-state index contributed by atoms with van der Waals surface area (Å²) >= 11 is 0.891. The molecule has 24 heavy (non-hydrogen) atoms. The maximum absolute atomic E-state index is 13.5. The Kier molecular flexibility index (Phi) is 6.49. The number of nitrogens with one attached hydrogen (secondary N) is 1. The van der Waals surface area contributed by atoms with Crippen molar-refractivity contribution in [2.45, 2.75) is 24.3 Å². The van der Waals surface area contributed by atoms with Crippen molar-refractivity contribution in [3.8, 4) is 0 Å². The minimum atomic E-state index is -0.641. The molecule has 6 heteroatoms. The summed E-state index contributed by atoms with van der Waals surface area (Å²) in [6.07, 6.45) is 0.390. The van der Waals surface area contributed by atoms with Crippen LogP contribution in [0.1, 0.15) is 12.5 Å². The van der Waals surface area contributed by atoms with Gasteiger partial charge in [-0.05, 0) is 37.1 Å². The van der Waals surface area contributed by atoms with Crippen LogP contribution in [0.3, 0.4) is 0 Å². The summed E-state index contributed by atoms with van der Waals surface area (Å²) < 4.78 is 26.6. The van der Waals surface area contributed by atoms with Crippen LogP contribution in [0.25, 0.3) is 0 Å². The zero-order valence-corrected chi connectivity index (χ0v) is 13.9. The molecule has 2 rings (SSSR count). The summed E-state index contributed by atoms with van der Waals surface area (Å²) in [6.45, 7) is 1.41. The highest BCUT2D eigenvalue weighted by atomic mass is 32.2. The zero-order chi connectivity index (χ0) is 17.5. The lowest BCUT2D eigenvalue weighted by molar-refractivity contribution is -0.125. The molecule has 0 heterocycles. The van der Waals surface area contributed by atoms with Gasteiger partial charge in [-0.1, -0.05) is 30.3 Å². The highest BCUT2D eigenvalue weighted by molar-refractivity contribution is 8.00. The summed E-state index contributed by atoms with van der Waals surface area (Å²) in [5.41, 5.74) is 0.932. The largest absolute Gasteiger partial charge is 0.345 e. The fraction of sp³-hybridized carbons (Fsp3) is 0.222. The Balaban J connectivity index is 1.93. The van der Waals surface area contributed by atoms with Gasteiger partial charge in [-0.3, -0.25) is 9.59 Å². The minimum absolute atomic E-state index is 0.0626. The molecule has 2 aromatic rings. The Hall–Kier alpha value is -2.21. The molecule has 3 nitrogen and oxygen atoms in total. The van der Waals surface area contributed by atoms with Crippen molar-refractivity contribution in [3.05, 3.63) is 65.7 Å². The third-order valence-electron chi connectivity index (χ3n) is 3.36. The van der Waals surface area contributed by atoms with Crippen LogP contribution >= 0.6 is 11.8 Å². The number of rotatable bonds is 7. The second-order valence-corrected chi connectivity index (χ2v) is 6.30. The third-order valence-corrected chi connectivity index (χ3v) is 4.39. The third kappa shape index (κ3) is 5.45. The van der Waals surface area contributed by atoms with Crippen molar-refractivity contribution >= 4 is 23.5 Å². The van der Waals surface area contributed by atoms with Crippen molar-refractivity contribution in [3.63, 3.8) is 0 Å². The van der Waals surface area contributed by atoms with Gasteiger partial charge in [0.25, 0.3) is 0 Å². The van der Waals surface area contributed by atoms with Crippen molar-refractivity contribution in [1.82, 2.24) is 5.32 Å². The van der Waals surface area contributed by atoms with Gasteiger partial charge < -0.3 is 5.32 Å². The fourth-order valence-electron chi connectivity index (χ4n) is 2.11. The SMILES string of the molecule is CC(=O)[C@H](Cc1ccccc1)NC(=O)CSc1cc(F)ccc1F. The monoisotopic (exact) mass is 349 g/mol. The van der Waals surface area contributed by atoms with E-state index < -0.39 is 23.6 Å². The number of benzene rings is 2. The van der Waals surface area contributed by atoms with E-state index in [2.05, 4.69) is 5.32 Å². The molecule has 0 radical (unpaired) electrons. The summed E-state index contributed by atoms with van der Waals surface area (Å²) in [4.78, 5) is 23.8. The van der Waals surface area contributed by atoms with Gasteiger partial charge >= 0.3 is 0 Å². The number of hydrogen-bond donors (Lipinski definition) is 1. The number of halogens is 2. The molecule has 0 saturated heterocycles. The predicted octanol–water partition coefficient (Wildman–Crippen LogP) is 3.37. The van der Waals surface area contributed by atoms with Crippen LogP contribution in [0, 0.1) is 11.6 Å². The number of amides is 1. The average Bonchev–Trinajstić information content (AvgIpc) is 2.56. The van der Waals surface area contributed by atoms with E-state index in [1.165, 1.54) is 6.92 Å². The molecule has 1 N–H and O–H groups in total. The van der Waals surface area contributed by atoms with Crippen molar-refractivity contribution in [2.24, 2.45) is 0 Å². The number of thioether (sulfide) groups is 1. The van der Waals surface area contributed by atoms with Gasteiger partial charge in [-0.25, -0.2) is 8.78 Å². The first-order chi connectivity index (χ1) is 11.5. The number of hydrogen-bond acceptors (Lipinski definition) is 3. The fourth-order valence-corrected chi connectivity index (χ4v) is 2.89. The van der Waals surface area contributed by atoms with Gasteiger partial charge in [0.05, 0.1) is 11.8 Å². The Labute approximate surface area is 143 Å². The first kappa shape index (κ1) is 18.1. The molecular weight excluding hydrogens is 332 g/mol. The molecule has 2 aromatic carbocycles. The molecule has 126 valence electrons. The molecule has 0 saturated carbocycles. The first-order valence-electron chi connectivity index (χ1n) is 7.37. The molecule has 0 bridgehead atoms. The van der Waals surface area contributed by atoms with Crippen LogP contribution in [-0.2, 0) is 16.0 Å². The van der Waals surface area contributed by atoms with E-state index in [-0.39, 0.29) is 16.4 Å². The Bertz CT molecular complexity index is 722. The van der Waals surface area contributed by atoms with Gasteiger partial charge in [-0.2, -0.15) is 0 Å². The van der Waals surface area contributed by atoms with Crippen LogP contribution in [0.5, 0.6) is 0 Å². The quantitative estimate of drug-likeness (QED) is 0.780.